The Morgan fingerprint density at radius 1 is 1.75 bits per heavy atom. The average molecular weight is 76.1 g/mol. The first-order chi connectivity index (χ1) is 2.00. The maximum atomic E-state index is 2.82. The van der Waals surface area contributed by atoms with Crippen LogP contribution in [0.5, 0.6) is 0 Å². The van der Waals surface area contributed by atoms with E-state index in [0.717, 1.165) is 5.88 Å². The van der Waals surface area contributed by atoms with E-state index < -0.39 is 0 Å². The van der Waals surface area contributed by atoms with Crippen LogP contribution >= 0.6 is 11.9 Å². The van der Waals surface area contributed by atoms with Crippen LogP contribution in [0, 0.1) is 0 Å². The Hall–Kier alpha value is 0.270. The molecule has 24 valence electrons. The van der Waals surface area contributed by atoms with Gasteiger partial charge in [0, 0.05) is 0 Å². The maximum absolute atomic E-state index is 2.82. The molecule has 3 heteroatoms. The van der Waals surface area contributed by atoms with Gasteiger partial charge in [-0.15, -0.1) is 0 Å². The third kappa shape index (κ3) is 0.201. The number of hydrogen-bond acceptors (Lipinski definition) is 3. The first-order valence-corrected chi connectivity index (χ1v) is 2.08. The van der Waals surface area contributed by atoms with E-state index in [1.165, 1.54) is 0 Å². The molecule has 1 rings (SSSR count). The van der Waals surface area contributed by atoms with Gasteiger partial charge in [-0.3, -0.25) is 0 Å². The van der Waals surface area contributed by atoms with Crippen molar-refractivity contribution in [2.75, 3.05) is 5.88 Å². The van der Waals surface area contributed by atoms with Crippen molar-refractivity contribution < 1.29 is 0 Å². The van der Waals surface area contributed by atoms with Gasteiger partial charge < -0.3 is 0 Å². The van der Waals surface area contributed by atoms with Crippen molar-refractivity contribution in [1.29, 1.82) is 0 Å². The molecule has 0 saturated carbocycles. The largest absolute Gasteiger partial charge is 0.237 e. The Kier molecular flexibility index (Phi) is 0.579. The number of hydrazine groups is 1. The van der Waals surface area contributed by atoms with Gasteiger partial charge in [-0.1, -0.05) is 0 Å². The monoisotopic (exact) mass is 76.0 g/mol. The van der Waals surface area contributed by atoms with Crippen LogP contribution in [0.15, 0.2) is 0 Å². The minimum Gasteiger partial charge on any atom is -0.237 e. The predicted octanol–water partition coefficient (Wildman–Crippen LogP) is -0.300. The van der Waals surface area contributed by atoms with E-state index in [0.29, 0.717) is 0 Å². The first kappa shape index (κ1) is 2.50. The summed E-state index contributed by atoms with van der Waals surface area (Å²) in [6, 6.07) is 0. The summed E-state index contributed by atoms with van der Waals surface area (Å²) >= 11 is 1.68. The Morgan fingerprint density at radius 2 is 2.00 bits per heavy atom. The minimum absolute atomic E-state index is 1.06. The van der Waals surface area contributed by atoms with Crippen molar-refractivity contribution in [2.24, 2.45) is 0 Å². The quantitative estimate of drug-likeness (QED) is 0.387. The predicted molar refractivity (Wildman–Crippen MR) is 18.7 cm³/mol. The van der Waals surface area contributed by atoms with E-state index in [4.69, 9.17) is 0 Å². The SMILES string of the molecule is C1NNS1. The molecule has 1 saturated heterocycles. The average Bonchev–Trinajstić information content (AvgIpc) is 0.722. The molecular weight excluding hydrogens is 72.1 g/mol. The second-order valence-electron chi connectivity index (χ2n) is 0.568. The van der Waals surface area contributed by atoms with Gasteiger partial charge in [-0.05, 0) is 11.9 Å². The lowest BCUT2D eigenvalue weighted by atomic mass is 11.5. The molecule has 2 N–H and O–H groups in total. The van der Waals surface area contributed by atoms with E-state index in [9.17, 15) is 0 Å². The smallest absolute Gasteiger partial charge is 0.0723 e. The van der Waals surface area contributed by atoms with E-state index in [2.05, 4.69) is 10.3 Å². The van der Waals surface area contributed by atoms with Gasteiger partial charge in [0.2, 0.25) is 0 Å². The number of nitrogens with one attached hydrogen (secondary N) is 2. The lowest BCUT2D eigenvalue weighted by molar-refractivity contribution is 0.734. The zero-order chi connectivity index (χ0) is 2.83. The van der Waals surface area contributed by atoms with E-state index in [1.807, 2.05) is 0 Å². The van der Waals surface area contributed by atoms with Crippen molar-refractivity contribution in [3.8, 4) is 0 Å². The topological polar surface area (TPSA) is 24.1 Å². The van der Waals surface area contributed by atoms with Gasteiger partial charge in [0.05, 0.1) is 5.88 Å². The Bertz CT molecular complexity index is 14.0. The van der Waals surface area contributed by atoms with Gasteiger partial charge >= 0.3 is 0 Å². The second-order valence-corrected chi connectivity index (χ2v) is 1.35. The molecule has 1 fully saturated rings. The highest BCUT2D eigenvalue weighted by molar-refractivity contribution is 7.98. The fourth-order valence-corrected chi connectivity index (χ4v) is 0.217. The number of hydrogen-bond donors (Lipinski definition) is 2. The Morgan fingerprint density at radius 3 is 2.00 bits per heavy atom. The van der Waals surface area contributed by atoms with Crippen LogP contribution in [0.25, 0.3) is 0 Å². The molecule has 1 aliphatic heterocycles. The molecule has 0 spiro atoms. The molecule has 1 aliphatic rings. The van der Waals surface area contributed by atoms with Gasteiger partial charge in [-0.2, -0.15) is 4.83 Å². The Labute approximate surface area is 29.1 Å². The van der Waals surface area contributed by atoms with Crippen molar-refractivity contribution in [3.05, 3.63) is 0 Å². The molecule has 0 aromatic heterocycles. The molecule has 4 heavy (non-hydrogen) atoms. The molecule has 0 unspecified atom stereocenters. The number of rotatable bonds is 0. The summed E-state index contributed by atoms with van der Waals surface area (Å²) in [5.74, 6) is 1.06. The zero-order valence-electron chi connectivity index (χ0n) is 2.12. The van der Waals surface area contributed by atoms with Crippen molar-refractivity contribution in [2.45, 2.75) is 0 Å². The standard InChI is InChI=1S/CH4N2S/c1-2-3-4-1/h2-3H,1H2. The molecule has 0 aromatic carbocycles. The van der Waals surface area contributed by atoms with E-state index in [1.54, 1.807) is 11.9 Å². The third-order valence-electron chi connectivity index (χ3n) is 0.289. The summed E-state index contributed by atoms with van der Waals surface area (Å²) in [6.45, 7) is 0. The van der Waals surface area contributed by atoms with E-state index in [-0.39, 0.29) is 0 Å². The molecule has 0 bridgehead atoms. The molecule has 0 aliphatic carbocycles. The van der Waals surface area contributed by atoms with Gasteiger partial charge in [0.1, 0.15) is 0 Å². The molecule has 1 heterocycles. The summed E-state index contributed by atoms with van der Waals surface area (Å²) in [7, 11) is 0. The van der Waals surface area contributed by atoms with Crippen LogP contribution in [0.3, 0.4) is 0 Å². The lowest BCUT2D eigenvalue weighted by Gasteiger charge is -2.11. The molecule has 0 radical (unpaired) electrons. The van der Waals surface area contributed by atoms with Crippen molar-refractivity contribution in [3.63, 3.8) is 0 Å². The summed E-state index contributed by atoms with van der Waals surface area (Å²) in [6.07, 6.45) is 0. The van der Waals surface area contributed by atoms with Crippen LogP contribution in [-0.4, -0.2) is 5.88 Å². The maximum Gasteiger partial charge on any atom is 0.0723 e. The normalized spacial score (nSPS) is 24.0. The summed E-state index contributed by atoms with van der Waals surface area (Å²) in [5.41, 5.74) is 2.82. The van der Waals surface area contributed by atoms with Crippen molar-refractivity contribution >= 4 is 11.9 Å². The second kappa shape index (κ2) is 0.924. The van der Waals surface area contributed by atoms with Crippen LogP contribution in [-0.2, 0) is 0 Å². The summed E-state index contributed by atoms with van der Waals surface area (Å²) in [5, 5.41) is 0. The third-order valence-corrected chi connectivity index (χ3v) is 0.866. The van der Waals surface area contributed by atoms with Gasteiger partial charge in [-0.25, -0.2) is 5.43 Å². The Balaban J connectivity index is 2.00. The highest BCUT2D eigenvalue weighted by atomic mass is 32.2. The van der Waals surface area contributed by atoms with Gasteiger partial charge in [0.15, 0.2) is 0 Å². The highest BCUT2D eigenvalue weighted by Gasteiger charge is 1.90. The molecular formula is CH4N2S. The van der Waals surface area contributed by atoms with Crippen molar-refractivity contribution in [1.82, 2.24) is 10.3 Å². The molecule has 0 amide bonds. The van der Waals surface area contributed by atoms with E-state index >= 15 is 0 Å². The summed E-state index contributed by atoms with van der Waals surface area (Å²) in [4.78, 5) is 2.78. The highest BCUT2D eigenvalue weighted by Crippen LogP contribution is 1.91. The fourth-order valence-electron chi connectivity index (χ4n) is 0.0722. The lowest BCUT2D eigenvalue weighted by Crippen LogP contribution is -2.36. The van der Waals surface area contributed by atoms with Gasteiger partial charge in [0.25, 0.3) is 0 Å². The van der Waals surface area contributed by atoms with Crippen LogP contribution in [0.1, 0.15) is 0 Å². The minimum atomic E-state index is 1.06. The molecule has 2 nitrogen and oxygen atoms in total. The van der Waals surface area contributed by atoms with Crippen LogP contribution in [0.4, 0.5) is 0 Å². The molecule has 0 aromatic rings. The first-order valence-electron chi connectivity index (χ1n) is 1.10. The molecule has 0 atom stereocenters. The summed E-state index contributed by atoms with van der Waals surface area (Å²) < 4.78 is 0. The zero-order valence-corrected chi connectivity index (χ0v) is 2.93. The van der Waals surface area contributed by atoms with Crippen LogP contribution < -0.4 is 10.3 Å². The fraction of sp³-hybridized carbons (Fsp3) is 1.00. The van der Waals surface area contributed by atoms with Crippen LogP contribution in [0.2, 0.25) is 0 Å².